The summed E-state index contributed by atoms with van der Waals surface area (Å²) in [4.78, 5) is 14.4. The minimum Gasteiger partial charge on any atom is -0.468 e. The van der Waals surface area contributed by atoms with Gasteiger partial charge in [0.05, 0.1) is 12.7 Å². The molecule has 0 rings (SSSR count). The Kier molecular flexibility index (Phi) is 18.5. The average Bonchev–Trinajstić information content (AvgIpc) is 2.67. The van der Waals surface area contributed by atoms with Crippen molar-refractivity contribution in [3.05, 3.63) is 72.9 Å². The van der Waals surface area contributed by atoms with Crippen LogP contribution >= 0.6 is 0 Å². The standard InChI is InChI=1S/C22H32O5/c1-2-3-10-15-21(24)16-11-7-5-4-6-8-12-17-22(27-25)18-13-9-14-19-26-20-23/h3,5-13,16-17,20-22,24-25H,2,4,14-15,18-19H2,1H3/t21-,22+/m1/s1. The van der Waals surface area contributed by atoms with E-state index in [9.17, 15) is 9.90 Å². The molecular weight excluding hydrogens is 344 g/mol. The van der Waals surface area contributed by atoms with Gasteiger partial charge in [-0.25, -0.2) is 4.89 Å². The van der Waals surface area contributed by atoms with Gasteiger partial charge in [0, 0.05) is 0 Å². The van der Waals surface area contributed by atoms with E-state index >= 15 is 0 Å². The van der Waals surface area contributed by atoms with E-state index in [1.807, 2.05) is 60.8 Å². The van der Waals surface area contributed by atoms with Gasteiger partial charge in [0.2, 0.25) is 0 Å². The number of hydrogen-bond acceptors (Lipinski definition) is 5. The van der Waals surface area contributed by atoms with Crippen LogP contribution in [0.1, 0.15) is 39.0 Å². The van der Waals surface area contributed by atoms with Crippen LogP contribution in [0.2, 0.25) is 0 Å². The first-order chi connectivity index (χ1) is 13.2. The van der Waals surface area contributed by atoms with Crippen molar-refractivity contribution in [3.63, 3.8) is 0 Å². The number of allylic oxidation sites excluding steroid dienone is 7. The molecule has 5 heteroatoms. The number of aliphatic hydroxyl groups excluding tert-OH is 1. The summed E-state index contributed by atoms with van der Waals surface area (Å²) in [6.07, 6.45) is 25.4. The largest absolute Gasteiger partial charge is 0.468 e. The Hall–Kier alpha value is -2.21. The second kappa shape index (κ2) is 20.1. The lowest BCUT2D eigenvalue weighted by Gasteiger charge is -2.04. The second-order valence-electron chi connectivity index (χ2n) is 5.65. The van der Waals surface area contributed by atoms with E-state index < -0.39 is 12.2 Å². The fraction of sp³-hybridized carbons (Fsp3) is 0.409. The number of carbonyl (C=O) groups is 1. The number of aliphatic hydroxyl groups is 1. The highest BCUT2D eigenvalue weighted by Crippen LogP contribution is 2.02. The maximum Gasteiger partial charge on any atom is 0.293 e. The Morgan fingerprint density at radius 2 is 1.59 bits per heavy atom. The minimum absolute atomic E-state index is 0.348. The van der Waals surface area contributed by atoms with E-state index in [1.54, 1.807) is 12.2 Å². The van der Waals surface area contributed by atoms with E-state index in [0.29, 0.717) is 32.3 Å². The molecule has 0 spiro atoms. The van der Waals surface area contributed by atoms with Crippen LogP contribution in [0.4, 0.5) is 0 Å². The fourth-order valence-corrected chi connectivity index (χ4v) is 1.94. The maximum atomic E-state index is 9.97. The summed E-state index contributed by atoms with van der Waals surface area (Å²) in [5, 5.41) is 18.5. The Bertz CT molecular complexity index is 515. The van der Waals surface area contributed by atoms with Crippen molar-refractivity contribution in [1.82, 2.24) is 0 Å². The van der Waals surface area contributed by atoms with E-state index in [0.717, 1.165) is 12.8 Å². The maximum absolute atomic E-state index is 9.97. The molecule has 27 heavy (non-hydrogen) atoms. The molecule has 0 unspecified atom stereocenters. The van der Waals surface area contributed by atoms with Crippen LogP contribution in [0, 0.1) is 0 Å². The fourth-order valence-electron chi connectivity index (χ4n) is 1.94. The second-order valence-corrected chi connectivity index (χ2v) is 5.65. The van der Waals surface area contributed by atoms with Crippen LogP contribution in [0.3, 0.4) is 0 Å². The number of rotatable bonds is 16. The van der Waals surface area contributed by atoms with Crippen molar-refractivity contribution in [3.8, 4) is 0 Å². The van der Waals surface area contributed by atoms with E-state index in [-0.39, 0.29) is 0 Å². The third-order valence-electron chi connectivity index (χ3n) is 3.35. The average molecular weight is 376 g/mol. The Morgan fingerprint density at radius 1 is 0.889 bits per heavy atom. The van der Waals surface area contributed by atoms with Crippen LogP contribution in [-0.2, 0) is 14.4 Å². The molecule has 150 valence electrons. The van der Waals surface area contributed by atoms with Gasteiger partial charge in [0.1, 0.15) is 6.10 Å². The summed E-state index contributed by atoms with van der Waals surface area (Å²) in [6.45, 7) is 2.83. The molecular formula is C22H32O5. The highest BCUT2D eigenvalue weighted by molar-refractivity contribution is 5.36. The molecule has 0 aromatic heterocycles. The van der Waals surface area contributed by atoms with E-state index in [1.165, 1.54) is 0 Å². The molecule has 0 radical (unpaired) electrons. The number of carbonyl (C=O) groups excluding carboxylic acids is 1. The highest BCUT2D eigenvalue weighted by atomic mass is 17.1. The van der Waals surface area contributed by atoms with Crippen molar-refractivity contribution < 1.29 is 24.8 Å². The Labute approximate surface area is 162 Å². The van der Waals surface area contributed by atoms with Crippen molar-refractivity contribution in [2.24, 2.45) is 0 Å². The van der Waals surface area contributed by atoms with Gasteiger partial charge in [0.15, 0.2) is 0 Å². The van der Waals surface area contributed by atoms with Crippen molar-refractivity contribution in [2.45, 2.75) is 51.2 Å². The molecule has 5 nitrogen and oxygen atoms in total. The summed E-state index contributed by atoms with van der Waals surface area (Å²) >= 11 is 0. The van der Waals surface area contributed by atoms with E-state index in [2.05, 4.69) is 16.5 Å². The van der Waals surface area contributed by atoms with Gasteiger partial charge < -0.3 is 9.84 Å². The Balaban J connectivity index is 3.97. The molecule has 0 aromatic carbocycles. The summed E-state index contributed by atoms with van der Waals surface area (Å²) in [5.74, 6) is 0. The van der Waals surface area contributed by atoms with Crippen LogP contribution in [0.15, 0.2) is 72.9 Å². The van der Waals surface area contributed by atoms with E-state index in [4.69, 9.17) is 5.26 Å². The van der Waals surface area contributed by atoms with Gasteiger partial charge in [-0.3, -0.25) is 10.1 Å². The molecule has 0 aliphatic heterocycles. The molecule has 0 fully saturated rings. The summed E-state index contributed by atoms with van der Waals surface area (Å²) in [7, 11) is 0. The van der Waals surface area contributed by atoms with Gasteiger partial charge in [0.25, 0.3) is 6.47 Å². The van der Waals surface area contributed by atoms with Crippen LogP contribution in [0.25, 0.3) is 0 Å². The van der Waals surface area contributed by atoms with Gasteiger partial charge in [-0.1, -0.05) is 79.8 Å². The summed E-state index contributed by atoms with van der Waals surface area (Å²) in [5.41, 5.74) is 0. The quantitative estimate of drug-likeness (QED) is 0.102. The first kappa shape index (κ1) is 24.8. The monoisotopic (exact) mass is 376 g/mol. The van der Waals surface area contributed by atoms with Crippen molar-refractivity contribution in [1.29, 1.82) is 0 Å². The predicted octanol–water partition coefficient (Wildman–Crippen LogP) is 4.69. The molecule has 0 aliphatic rings. The third-order valence-corrected chi connectivity index (χ3v) is 3.35. The zero-order chi connectivity index (χ0) is 20.0. The minimum atomic E-state index is -0.446. The zero-order valence-corrected chi connectivity index (χ0v) is 16.0. The highest BCUT2D eigenvalue weighted by Gasteiger charge is 1.99. The first-order valence-electron chi connectivity index (χ1n) is 9.24. The van der Waals surface area contributed by atoms with Gasteiger partial charge in [-0.05, 0) is 32.1 Å². The van der Waals surface area contributed by atoms with Crippen molar-refractivity contribution in [2.75, 3.05) is 6.61 Å². The van der Waals surface area contributed by atoms with Crippen molar-refractivity contribution >= 4 is 6.47 Å². The third kappa shape index (κ3) is 18.4. The van der Waals surface area contributed by atoms with Gasteiger partial charge >= 0.3 is 0 Å². The molecule has 2 atom stereocenters. The first-order valence-corrected chi connectivity index (χ1v) is 9.24. The number of ether oxygens (including phenoxy) is 1. The van der Waals surface area contributed by atoms with Gasteiger partial charge in [-0.15, -0.1) is 0 Å². The molecule has 0 bridgehead atoms. The normalized spacial score (nSPS) is 15.2. The molecule has 0 heterocycles. The lowest BCUT2D eigenvalue weighted by molar-refractivity contribution is -0.264. The Morgan fingerprint density at radius 3 is 2.26 bits per heavy atom. The summed E-state index contributed by atoms with van der Waals surface area (Å²) in [6, 6.07) is 0. The molecule has 0 saturated carbocycles. The lowest BCUT2D eigenvalue weighted by atomic mass is 10.2. The van der Waals surface area contributed by atoms with Crippen LogP contribution in [-0.4, -0.2) is 35.7 Å². The SMILES string of the molecule is CCC=CC[C@@H](O)C=CC=CCC=CC=C[C@@H](CC=CCCOC=O)OO. The molecule has 0 aromatic rings. The summed E-state index contributed by atoms with van der Waals surface area (Å²) < 4.78 is 4.56. The molecule has 0 aliphatic carbocycles. The smallest absolute Gasteiger partial charge is 0.293 e. The molecule has 0 saturated heterocycles. The molecule has 2 N–H and O–H groups in total. The zero-order valence-electron chi connectivity index (χ0n) is 16.0. The van der Waals surface area contributed by atoms with Crippen LogP contribution < -0.4 is 0 Å². The lowest BCUT2D eigenvalue weighted by Crippen LogP contribution is -2.05. The topological polar surface area (TPSA) is 76.0 Å². The van der Waals surface area contributed by atoms with Gasteiger partial charge in [-0.2, -0.15) is 0 Å². The predicted molar refractivity (Wildman–Crippen MR) is 109 cm³/mol. The number of hydrogen-bond donors (Lipinski definition) is 2. The molecule has 0 amide bonds. The van der Waals surface area contributed by atoms with Crippen LogP contribution in [0.5, 0.6) is 0 Å².